The molecule has 1 aliphatic rings. The summed E-state index contributed by atoms with van der Waals surface area (Å²) in [6, 6.07) is 7.98. The molecule has 1 heterocycles. The van der Waals surface area contributed by atoms with Gasteiger partial charge in [-0.25, -0.2) is 8.42 Å². The van der Waals surface area contributed by atoms with E-state index in [2.05, 4.69) is 6.07 Å². The summed E-state index contributed by atoms with van der Waals surface area (Å²) in [5.74, 6) is 0.412. The number of rotatable bonds is 2. The van der Waals surface area contributed by atoms with Crippen LogP contribution in [0.2, 0.25) is 0 Å². The van der Waals surface area contributed by atoms with Crippen molar-refractivity contribution in [2.24, 2.45) is 0 Å². The lowest BCUT2D eigenvalue weighted by atomic mass is 10.1. The van der Waals surface area contributed by atoms with Gasteiger partial charge in [0.15, 0.2) is 9.84 Å². The molecule has 0 aromatic heterocycles. The summed E-state index contributed by atoms with van der Waals surface area (Å²) in [6.45, 7) is 1.15. The Labute approximate surface area is 118 Å². The molecule has 0 aliphatic carbocycles. The molecule has 0 amide bonds. The first-order chi connectivity index (χ1) is 9.07. The molecular weight excluding hydrogens is 280 g/mol. The Bertz CT molecular complexity index is 606. The molecule has 0 spiro atoms. The largest absolute Gasteiger partial charge is 0.369 e. The van der Waals surface area contributed by atoms with Gasteiger partial charge in [-0.3, -0.25) is 0 Å². The first-order valence-electron chi connectivity index (χ1n) is 6.10. The highest BCUT2D eigenvalue weighted by molar-refractivity contribution is 7.98. The number of thioether (sulfide) groups is 1. The Morgan fingerprint density at radius 3 is 2.79 bits per heavy atom. The molecule has 1 fully saturated rings. The van der Waals surface area contributed by atoms with Crippen LogP contribution in [-0.4, -0.2) is 39.3 Å². The highest BCUT2D eigenvalue weighted by atomic mass is 32.2. The number of benzene rings is 1. The van der Waals surface area contributed by atoms with E-state index in [1.807, 2.05) is 29.4 Å². The minimum absolute atomic E-state index is 0.168. The molecule has 0 saturated carbocycles. The Morgan fingerprint density at radius 1 is 1.32 bits per heavy atom. The van der Waals surface area contributed by atoms with Gasteiger partial charge in [-0.05, 0) is 24.8 Å². The van der Waals surface area contributed by atoms with Crippen molar-refractivity contribution < 1.29 is 8.42 Å². The minimum Gasteiger partial charge on any atom is -0.369 e. The van der Waals surface area contributed by atoms with Crippen LogP contribution in [0.1, 0.15) is 12.0 Å². The molecular formula is C13H16N2O2S2. The fourth-order valence-corrected chi connectivity index (χ4v) is 4.09. The smallest absolute Gasteiger partial charge is 0.152 e. The Balaban J connectivity index is 2.35. The summed E-state index contributed by atoms with van der Waals surface area (Å²) in [6.07, 6.45) is 2.56. The molecule has 1 aromatic rings. The zero-order chi connectivity index (χ0) is 13.9. The van der Waals surface area contributed by atoms with Crippen LogP contribution in [0, 0.1) is 11.3 Å². The summed E-state index contributed by atoms with van der Waals surface area (Å²) < 4.78 is 23.3. The summed E-state index contributed by atoms with van der Waals surface area (Å²) >= 11 is 1.54. The third-order valence-corrected chi connectivity index (χ3v) is 5.73. The molecule has 2 rings (SSSR count). The molecule has 0 radical (unpaired) electrons. The number of anilines is 1. The van der Waals surface area contributed by atoms with Gasteiger partial charge >= 0.3 is 0 Å². The lowest BCUT2D eigenvalue weighted by molar-refractivity contribution is 0.597. The van der Waals surface area contributed by atoms with Crippen molar-refractivity contribution in [2.75, 3.05) is 35.8 Å². The van der Waals surface area contributed by atoms with Gasteiger partial charge in [0.05, 0.1) is 22.8 Å². The van der Waals surface area contributed by atoms with Gasteiger partial charge in [0, 0.05) is 18.0 Å². The maximum atomic E-state index is 11.6. The van der Waals surface area contributed by atoms with Gasteiger partial charge < -0.3 is 4.90 Å². The molecule has 1 saturated heterocycles. The van der Waals surface area contributed by atoms with Crippen molar-refractivity contribution in [3.05, 3.63) is 23.8 Å². The summed E-state index contributed by atoms with van der Waals surface area (Å²) in [5, 5.41) is 9.33. The van der Waals surface area contributed by atoms with Crippen LogP contribution in [-0.2, 0) is 9.84 Å². The fraction of sp³-hybridized carbons (Fsp3) is 0.462. The maximum absolute atomic E-state index is 11.6. The van der Waals surface area contributed by atoms with Crippen LogP contribution in [0.5, 0.6) is 0 Å². The summed E-state index contributed by atoms with van der Waals surface area (Å²) in [5.41, 5.74) is 1.50. The van der Waals surface area contributed by atoms with Crippen molar-refractivity contribution in [2.45, 2.75) is 11.3 Å². The Hall–Kier alpha value is -1.19. The van der Waals surface area contributed by atoms with Gasteiger partial charge in [-0.2, -0.15) is 5.26 Å². The SMILES string of the molecule is CSc1cccc(N2CCCS(=O)(=O)CC2)c1C#N. The molecule has 0 unspecified atom stereocenters. The highest BCUT2D eigenvalue weighted by Gasteiger charge is 2.21. The molecule has 0 bridgehead atoms. The van der Waals surface area contributed by atoms with Crippen LogP contribution in [0.4, 0.5) is 5.69 Å². The molecule has 102 valence electrons. The molecule has 19 heavy (non-hydrogen) atoms. The Morgan fingerprint density at radius 2 is 2.11 bits per heavy atom. The van der Waals surface area contributed by atoms with Crippen LogP contribution in [0.15, 0.2) is 23.1 Å². The van der Waals surface area contributed by atoms with Gasteiger partial charge in [0.1, 0.15) is 6.07 Å². The van der Waals surface area contributed by atoms with Crippen molar-refractivity contribution in [1.82, 2.24) is 0 Å². The zero-order valence-corrected chi connectivity index (χ0v) is 12.4. The molecule has 1 aliphatic heterocycles. The first kappa shape index (κ1) is 14.2. The first-order valence-corrected chi connectivity index (χ1v) is 9.14. The normalized spacial score (nSPS) is 18.6. The van der Waals surface area contributed by atoms with E-state index in [0.717, 1.165) is 10.6 Å². The molecule has 1 aromatic carbocycles. The third-order valence-electron chi connectivity index (χ3n) is 3.23. The maximum Gasteiger partial charge on any atom is 0.152 e. The highest BCUT2D eigenvalue weighted by Crippen LogP contribution is 2.29. The predicted octanol–water partition coefficient (Wildman–Crippen LogP) is 1.91. The van der Waals surface area contributed by atoms with E-state index >= 15 is 0 Å². The second kappa shape index (κ2) is 5.85. The number of sulfone groups is 1. The molecule has 0 N–H and O–H groups in total. The van der Waals surface area contributed by atoms with E-state index in [0.29, 0.717) is 25.1 Å². The number of hydrogen-bond donors (Lipinski definition) is 0. The van der Waals surface area contributed by atoms with Crippen LogP contribution in [0.25, 0.3) is 0 Å². The monoisotopic (exact) mass is 296 g/mol. The topological polar surface area (TPSA) is 61.2 Å². The van der Waals surface area contributed by atoms with E-state index in [9.17, 15) is 13.7 Å². The average Bonchev–Trinajstić information content (AvgIpc) is 2.58. The van der Waals surface area contributed by atoms with E-state index < -0.39 is 9.84 Å². The van der Waals surface area contributed by atoms with E-state index in [4.69, 9.17) is 0 Å². The summed E-state index contributed by atoms with van der Waals surface area (Å²) in [4.78, 5) is 2.95. The average molecular weight is 296 g/mol. The van der Waals surface area contributed by atoms with E-state index in [1.54, 1.807) is 0 Å². The molecule has 6 heteroatoms. The quantitative estimate of drug-likeness (QED) is 0.780. The van der Waals surface area contributed by atoms with E-state index in [1.165, 1.54) is 11.8 Å². The third kappa shape index (κ3) is 3.23. The predicted molar refractivity (Wildman–Crippen MR) is 78.4 cm³/mol. The van der Waals surface area contributed by atoms with E-state index in [-0.39, 0.29) is 11.5 Å². The number of nitriles is 1. The zero-order valence-electron chi connectivity index (χ0n) is 10.8. The second-order valence-electron chi connectivity index (χ2n) is 4.46. The summed E-state index contributed by atoms with van der Waals surface area (Å²) in [7, 11) is -2.93. The van der Waals surface area contributed by atoms with Gasteiger partial charge in [-0.15, -0.1) is 11.8 Å². The lowest BCUT2D eigenvalue weighted by Gasteiger charge is -2.24. The minimum atomic E-state index is -2.93. The van der Waals surface area contributed by atoms with Crippen molar-refractivity contribution >= 4 is 27.3 Å². The number of nitrogens with zero attached hydrogens (tertiary/aromatic N) is 2. The van der Waals surface area contributed by atoms with Crippen LogP contribution < -0.4 is 4.90 Å². The standard InChI is InChI=1S/C13H16N2O2S2/c1-18-13-5-2-4-12(11(13)10-14)15-6-3-8-19(16,17)9-7-15/h2,4-5H,3,6-9H2,1H3. The van der Waals surface area contributed by atoms with Gasteiger partial charge in [0.25, 0.3) is 0 Å². The van der Waals surface area contributed by atoms with Gasteiger partial charge in [0.2, 0.25) is 0 Å². The molecule has 0 atom stereocenters. The Kier molecular flexibility index (Phi) is 4.38. The molecule has 4 nitrogen and oxygen atoms in total. The van der Waals surface area contributed by atoms with Crippen molar-refractivity contribution in [3.63, 3.8) is 0 Å². The van der Waals surface area contributed by atoms with Crippen LogP contribution >= 0.6 is 11.8 Å². The van der Waals surface area contributed by atoms with Crippen molar-refractivity contribution in [1.29, 1.82) is 5.26 Å². The van der Waals surface area contributed by atoms with Gasteiger partial charge in [-0.1, -0.05) is 6.07 Å². The number of hydrogen-bond acceptors (Lipinski definition) is 5. The fourth-order valence-electron chi connectivity index (χ4n) is 2.24. The second-order valence-corrected chi connectivity index (χ2v) is 7.61. The van der Waals surface area contributed by atoms with Crippen molar-refractivity contribution in [3.8, 4) is 6.07 Å². The van der Waals surface area contributed by atoms with Crippen LogP contribution in [0.3, 0.4) is 0 Å². The lowest BCUT2D eigenvalue weighted by Crippen LogP contribution is -2.27.